The maximum absolute atomic E-state index is 12.3. The van der Waals surface area contributed by atoms with E-state index in [-0.39, 0.29) is 5.91 Å². The van der Waals surface area contributed by atoms with Crippen molar-refractivity contribution in [1.29, 1.82) is 0 Å². The molecule has 150 valence electrons. The summed E-state index contributed by atoms with van der Waals surface area (Å²) < 4.78 is 15.9. The third-order valence-corrected chi connectivity index (χ3v) is 3.95. The Labute approximate surface area is 168 Å². The molecule has 29 heavy (non-hydrogen) atoms. The number of methoxy groups -OCH3 is 2. The molecule has 1 amide bonds. The average molecular weight is 394 g/mol. The molecule has 8 heteroatoms. The molecule has 0 atom stereocenters. The van der Waals surface area contributed by atoms with E-state index >= 15 is 0 Å². The van der Waals surface area contributed by atoms with Crippen LogP contribution in [0.5, 0.6) is 17.2 Å². The van der Waals surface area contributed by atoms with E-state index in [0.29, 0.717) is 36.1 Å². The summed E-state index contributed by atoms with van der Waals surface area (Å²) in [7, 11) is 3.19. The Morgan fingerprint density at radius 2 is 1.62 bits per heavy atom. The van der Waals surface area contributed by atoms with Crippen molar-refractivity contribution >= 4 is 17.5 Å². The van der Waals surface area contributed by atoms with Crippen LogP contribution in [0.3, 0.4) is 0 Å². The predicted octanol–water partition coefficient (Wildman–Crippen LogP) is 3.24. The van der Waals surface area contributed by atoms with Gasteiger partial charge in [-0.15, -0.1) is 0 Å². The second-order valence-electron chi connectivity index (χ2n) is 5.93. The Morgan fingerprint density at radius 1 is 0.931 bits per heavy atom. The average Bonchev–Trinajstić information content (AvgIpc) is 2.77. The summed E-state index contributed by atoms with van der Waals surface area (Å²) in [5.74, 6) is 2.31. The number of carbonyl (C=O) groups excluding carboxylic acids is 1. The summed E-state index contributed by atoms with van der Waals surface area (Å²) in [6.07, 6.45) is 2.93. The molecule has 0 bridgehead atoms. The van der Waals surface area contributed by atoms with Gasteiger partial charge in [0.15, 0.2) is 0 Å². The molecule has 1 heterocycles. The Kier molecular flexibility index (Phi) is 6.83. The highest BCUT2D eigenvalue weighted by Gasteiger charge is 2.08. The van der Waals surface area contributed by atoms with Crippen molar-refractivity contribution in [2.24, 2.45) is 0 Å². The van der Waals surface area contributed by atoms with E-state index in [1.54, 1.807) is 38.5 Å². The Hall–Kier alpha value is -3.81. The van der Waals surface area contributed by atoms with E-state index in [1.807, 2.05) is 24.3 Å². The summed E-state index contributed by atoms with van der Waals surface area (Å²) in [6, 6.07) is 14.5. The van der Waals surface area contributed by atoms with E-state index < -0.39 is 0 Å². The maximum atomic E-state index is 12.3. The molecule has 2 aromatic carbocycles. The summed E-state index contributed by atoms with van der Waals surface area (Å²) >= 11 is 0. The molecule has 0 unspecified atom stereocenters. The number of carbonyl (C=O) groups is 1. The summed E-state index contributed by atoms with van der Waals surface area (Å²) in [5.41, 5.74) is 0.986. The second-order valence-corrected chi connectivity index (χ2v) is 5.93. The zero-order chi connectivity index (χ0) is 20.5. The highest BCUT2D eigenvalue weighted by atomic mass is 16.5. The van der Waals surface area contributed by atoms with Crippen LogP contribution < -0.4 is 24.8 Å². The van der Waals surface area contributed by atoms with Crippen molar-refractivity contribution < 1.29 is 19.0 Å². The molecule has 8 nitrogen and oxygen atoms in total. The van der Waals surface area contributed by atoms with Gasteiger partial charge in [-0.25, -0.2) is 9.97 Å². The van der Waals surface area contributed by atoms with Crippen molar-refractivity contribution in [3.05, 3.63) is 66.5 Å². The van der Waals surface area contributed by atoms with Crippen molar-refractivity contribution in [2.45, 2.75) is 0 Å². The standard InChI is InChI=1S/C21H22N4O4/c1-27-17-6-8-18(9-7-17)29-11-10-22-21-23-13-15(14-24-21)20(26)25-16-4-3-5-19(12-16)28-2/h3-9,12-14H,10-11H2,1-2H3,(H,25,26)(H,22,23,24). The monoisotopic (exact) mass is 394 g/mol. The number of nitrogens with zero attached hydrogens (tertiary/aromatic N) is 2. The van der Waals surface area contributed by atoms with Crippen LogP contribution in [0.4, 0.5) is 11.6 Å². The summed E-state index contributed by atoms with van der Waals surface area (Å²) in [4.78, 5) is 20.6. The van der Waals surface area contributed by atoms with Crippen molar-refractivity contribution in [3.63, 3.8) is 0 Å². The molecular weight excluding hydrogens is 372 g/mol. The minimum atomic E-state index is -0.298. The zero-order valence-corrected chi connectivity index (χ0v) is 16.2. The smallest absolute Gasteiger partial charge is 0.258 e. The SMILES string of the molecule is COc1ccc(OCCNc2ncc(C(=O)Nc3cccc(OC)c3)cn2)cc1. The van der Waals surface area contributed by atoms with E-state index in [4.69, 9.17) is 14.2 Å². The van der Waals surface area contributed by atoms with E-state index in [2.05, 4.69) is 20.6 Å². The molecule has 0 fully saturated rings. The molecule has 0 aliphatic rings. The number of aromatic nitrogens is 2. The lowest BCUT2D eigenvalue weighted by atomic mass is 10.2. The topological polar surface area (TPSA) is 94.6 Å². The third kappa shape index (κ3) is 5.83. The van der Waals surface area contributed by atoms with Crippen LogP contribution in [-0.2, 0) is 0 Å². The van der Waals surface area contributed by atoms with Crippen LogP contribution in [0.15, 0.2) is 60.9 Å². The minimum absolute atomic E-state index is 0.298. The molecule has 0 aliphatic carbocycles. The first kappa shape index (κ1) is 19.9. The van der Waals surface area contributed by atoms with Crippen LogP contribution in [-0.4, -0.2) is 43.2 Å². The molecule has 3 rings (SSSR count). The van der Waals surface area contributed by atoms with Crippen LogP contribution >= 0.6 is 0 Å². The predicted molar refractivity (Wildman–Crippen MR) is 110 cm³/mol. The second kappa shape index (κ2) is 9.93. The van der Waals surface area contributed by atoms with Gasteiger partial charge in [0.25, 0.3) is 5.91 Å². The van der Waals surface area contributed by atoms with Gasteiger partial charge in [-0.1, -0.05) is 6.07 Å². The highest BCUT2D eigenvalue weighted by molar-refractivity contribution is 6.03. The van der Waals surface area contributed by atoms with Crippen LogP contribution in [0.2, 0.25) is 0 Å². The maximum Gasteiger partial charge on any atom is 0.258 e. The molecule has 0 spiro atoms. The van der Waals surface area contributed by atoms with Crippen molar-refractivity contribution in [2.75, 3.05) is 38.0 Å². The van der Waals surface area contributed by atoms with Crippen molar-refractivity contribution in [3.8, 4) is 17.2 Å². The molecule has 1 aromatic heterocycles. The van der Waals surface area contributed by atoms with Crippen LogP contribution in [0.25, 0.3) is 0 Å². The number of anilines is 2. The van der Waals surface area contributed by atoms with E-state index in [9.17, 15) is 4.79 Å². The summed E-state index contributed by atoms with van der Waals surface area (Å²) in [6.45, 7) is 0.954. The van der Waals surface area contributed by atoms with Gasteiger partial charge in [0.2, 0.25) is 5.95 Å². The van der Waals surface area contributed by atoms with Gasteiger partial charge in [-0.2, -0.15) is 0 Å². The largest absolute Gasteiger partial charge is 0.497 e. The Morgan fingerprint density at radius 3 is 2.31 bits per heavy atom. The number of benzene rings is 2. The summed E-state index contributed by atoms with van der Waals surface area (Å²) in [5, 5.41) is 5.83. The van der Waals surface area contributed by atoms with Gasteiger partial charge in [0.05, 0.1) is 26.3 Å². The fourth-order valence-electron chi connectivity index (χ4n) is 2.44. The van der Waals surface area contributed by atoms with Gasteiger partial charge < -0.3 is 24.8 Å². The first-order valence-corrected chi connectivity index (χ1v) is 8.96. The van der Waals surface area contributed by atoms with E-state index in [0.717, 1.165) is 11.5 Å². The molecule has 0 aliphatic heterocycles. The fraction of sp³-hybridized carbons (Fsp3) is 0.190. The number of ether oxygens (including phenoxy) is 3. The van der Waals surface area contributed by atoms with Gasteiger partial charge in [0.1, 0.15) is 23.9 Å². The van der Waals surface area contributed by atoms with Crippen LogP contribution in [0.1, 0.15) is 10.4 Å². The lowest BCUT2D eigenvalue weighted by molar-refractivity contribution is 0.102. The lowest BCUT2D eigenvalue weighted by Crippen LogP contribution is -2.15. The third-order valence-electron chi connectivity index (χ3n) is 3.95. The first-order valence-electron chi connectivity index (χ1n) is 8.96. The highest BCUT2D eigenvalue weighted by Crippen LogP contribution is 2.18. The van der Waals surface area contributed by atoms with Gasteiger partial charge in [-0.05, 0) is 36.4 Å². The van der Waals surface area contributed by atoms with Gasteiger partial charge in [0, 0.05) is 24.1 Å². The van der Waals surface area contributed by atoms with Crippen molar-refractivity contribution in [1.82, 2.24) is 9.97 Å². The number of rotatable bonds is 9. The lowest BCUT2D eigenvalue weighted by Gasteiger charge is -2.09. The molecular formula is C21H22N4O4. The zero-order valence-electron chi connectivity index (χ0n) is 16.2. The number of amides is 1. The Balaban J connectivity index is 1.45. The fourth-order valence-corrected chi connectivity index (χ4v) is 2.44. The molecule has 2 N–H and O–H groups in total. The van der Waals surface area contributed by atoms with E-state index in [1.165, 1.54) is 12.4 Å². The van der Waals surface area contributed by atoms with Crippen LogP contribution in [0, 0.1) is 0 Å². The molecule has 0 saturated heterocycles. The quantitative estimate of drug-likeness (QED) is 0.538. The molecule has 3 aromatic rings. The minimum Gasteiger partial charge on any atom is -0.497 e. The number of hydrogen-bond acceptors (Lipinski definition) is 7. The van der Waals surface area contributed by atoms with Gasteiger partial charge >= 0.3 is 0 Å². The normalized spacial score (nSPS) is 10.1. The molecule has 0 radical (unpaired) electrons. The Bertz CT molecular complexity index is 930. The number of nitrogens with one attached hydrogen (secondary N) is 2. The van der Waals surface area contributed by atoms with Gasteiger partial charge in [-0.3, -0.25) is 4.79 Å². The molecule has 0 saturated carbocycles. The first-order chi connectivity index (χ1) is 14.2. The number of hydrogen-bond donors (Lipinski definition) is 2.